The molecule has 0 heterocycles. The highest BCUT2D eigenvalue weighted by Gasteiger charge is 2.17. The van der Waals surface area contributed by atoms with Crippen molar-refractivity contribution in [3.63, 3.8) is 0 Å². The van der Waals surface area contributed by atoms with Crippen LogP contribution in [0.15, 0.2) is 51.8 Å². The summed E-state index contributed by atoms with van der Waals surface area (Å²) in [6.45, 7) is 0. The van der Waals surface area contributed by atoms with Crippen molar-refractivity contribution in [3.05, 3.63) is 52.8 Å². The Hall–Kier alpha value is -1.60. The molecule has 0 aliphatic rings. The fourth-order valence-electron chi connectivity index (χ4n) is 1.50. The maximum atomic E-state index is 13.1. The van der Waals surface area contributed by atoms with E-state index in [1.807, 2.05) is 0 Å². The third-order valence-corrected chi connectivity index (χ3v) is 4.44. The van der Waals surface area contributed by atoms with Gasteiger partial charge in [0.2, 0.25) is 0 Å². The number of anilines is 2. The Balaban J connectivity index is 2.37. The molecule has 100 valence electrons. The van der Waals surface area contributed by atoms with Crippen LogP contribution in [0.5, 0.6) is 0 Å². The maximum absolute atomic E-state index is 13.1. The van der Waals surface area contributed by atoms with Crippen LogP contribution in [0, 0.1) is 5.82 Å². The normalized spacial score (nSPS) is 11.3. The van der Waals surface area contributed by atoms with Gasteiger partial charge in [-0.05, 0) is 46.3 Å². The average Bonchev–Trinajstić information content (AvgIpc) is 2.34. The molecule has 0 amide bonds. The number of halogens is 2. The van der Waals surface area contributed by atoms with Crippen LogP contribution < -0.4 is 10.5 Å². The van der Waals surface area contributed by atoms with Gasteiger partial charge in [0, 0.05) is 0 Å². The standard InChI is InChI=1S/C12H10BrFN2O2S/c13-9-7-8(5-6-10(9)14)16-19(17,18)12-4-2-1-3-11(12)15/h1-7,16H,15H2. The number of para-hydroxylation sites is 1. The van der Waals surface area contributed by atoms with Gasteiger partial charge in [0.15, 0.2) is 0 Å². The van der Waals surface area contributed by atoms with Crippen LogP contribution in [0.25, 0.3) is 0 Å². The molecule has 19 heavy (non-hydrogen) atoms. The summed E-state index contributed by atoms with van der Waals surface area (Å²) in [6, 6.07) is 9.94. The highest BCUT2D eigenvalue weighted by Crippen LogP contribution is 2.24. The predicted molar refractivity (Wildman–Crippen MR) is 75.8 cm³/mol. The van der Waals surface area contributed by atoms with Gasteiger partial charge >= 0.3 is 0 Å². The van der Waals surface area contributed by atoms with E-state index in [4.69, 9.17) is 5.73 Å². The van der Waals surface area contributed by atoms with E-state index < -0.39 is 15.8 Å². The largest absolute Gasteiger partial charge is 0.398 e. The molecule has 0 spiro atoms. The van der Waals surface area contributed by atoms with Crippen molar-refractivity contribution in [2.45, 2.75) is 4.90 Å². The van der Waals surface area contributed by atoms with Crippen molar-refractivity contribution in [2.24, 2.45) is 0 Å². The van der Waals surface area contributed by atoms with E-state index in [9.17, 15) is 12.8 Å². The van der Waals surface area contributed by atoms with Gasteiger partial charge < -0.3 is 5.73 Å². The first-order chi connectivity index (χ1) is 8.90. The van der Waals surface area contributed by atoms with E-state index in [1.54, 1.807) is 12.1 Å². The topological polar surface area (TPSA) is 72.2 Å². The van der Waals surface area contributed by atoms with Crippen molar-refractivity contribution in [1.82, 2.24) is 0 Å². The van der Waals surface area contributed by atoms with Gasteiger partial charge in [0.25, 0.3) is 10.0 Å². The number of rotatable bonds is 3. The molecule has 0 radical (unpaired) electrons. The zero-order valence-electron chi connectivity index (χ0n) is 9.60. The lowest BCUT2D eigenvalue weighted by molar-refractivity contribution is 0.601. The summed E-state index contributed by atoms with van der Waals surface area (Å²) in [5.41, 5.74) is 6.02. The van der Waals surface area contributed by atoms with Gasteiger partial charge in [-0.1, -0.05) is 12.1 Å². The van der Waals surface area contributed by atoms with E-state index in [0.29, 0.717) is 0 Å². The Morgan fingerprint density at radius 1 is 1.16 bits per heavy atom. The van der Waals surface area contributed by atoms with Gasteiger partial charge in [0.05, 0.1) is 15.8 Å². The lowest BCUT2D eigenvalue weighted by Crippen LogP contribution is -2.14. The zero-order chi connectivity index (χ0) is 14.0. The maximum Gasteiger partial charge on any atom is 0.263 e. The first kappa shape index (κ1) is 13.8. The van der Waals surface area contributed by atoms with Crippen LogP contribution in [0.1, 0.15) is 0 Å². The molecule has 0 aliphatic carbocycles. The number of sulfonamides is 1. The molecule has 2 rings (SSSR count). The lowest BCUT2D eigenvalue weighted by Gasteiger charge is -2.10. The van der Waals surface area contributed by atoms with E-state index in [0.717, 1.165) is 6.07 Å². The van der Waals surface area contributed by atoms with Crippen molar-refractivity contribution >= 4 is 37.3 Å². The Morgan fingerprint density at radius 2 is 1.84 bits per heavy atom. The van der Waals surface area contributed by atoms with E-state index >= 15 is 0 Å². The molecule has 0 saturated heterocycles. The summed E-state index contributed by atoms with van der Waals surface area (Å²) in [5, 5.41) is 0. The predicted octanol–water partition coefficient (Wildman–Crippen LogP) is 2.97. The van der Waals surface area contributed by atoms with Crippen molar-refractivity contribution in [3.8, 4) is 0 Å². The summed E-state index contributed by atoms with van der Waals surface area (Å²) in [4.78, 5) is -0.0181. The molecule has 4 nitrogen and oxygen atoms in total. The Bertz CT molecular complexity index is 719. The van der Waals surface area contributed by atoms with Crippen LogP contribution in [0.2, 0.25) is 0 Å². The van der Waals surface area contributed by atoms with Gasteiger partial charge in [0.1, 0.15) is 10.7 Å². The zero-order valence-corrected chi connectivity index (χ0v) is 12.0. The molecule has 0 unspecified atom stereocenters. The molecule has 2 aromatic rings. The number of nitrogen functional groups attached to an aromatic ring is 1. The third kappa shape index (κ3) is 3.05. The molecule has 7 heteroatoms. The summed E-state index contributed by atoms with van der Waals surface area (Å²) in [5.74, 6) is -0.470. The second-order valence-electron chi connectivity index (χ2n) is 3.77. The smallest absolute Gasteiger partial charge is 0.263 e. The van der Waals surface area contributed by atoms with Gasteiger partial charge in [-0.2, -0.15) is 0 Å². The van der Waals surface area contributed by atoms with Crippen LogP contribution in [0.3, 0.4) is 0 Å². The van der Waals surface area contributed by atoms with Crippen molar-refractivity contribution in [2.75, 3.05) is 10.5 Å². The fourth-order valence-corrected chi connectivity index (χ4v) is 3.06. The van der Waals surface area contributed by atoms with Crippen LogP contribution in [-0.4, -0.2) is 8.42 Å². The minimum atomic E-state index is -3.79. The molecule has 0 fully saturated rings. The lowest BCUT2D eigenvalue weighted by atomic mass is 10.3. The highest BCUT2D eigenvalue weighted by atomic mass is 79.9. The van der Waals surface area contributed by atoms with E-state index in [-0.39, 0.29) is 20.7 Å². The number of nitrogens with one attached hydrogen (secondary N) is 1. The SMILES string of the molecule is Nc1ccccc1S(=O)(=O)Nc1ccc(F)c(Br)c1. The van der Waals surface area contributed by atoms with Crippen molar-refractivity contribution in [1.29, 1.82) is 0 Å². The second kappa shape index (κ2) is 5.18. The second-order valence-corrected chi connectivity index (χ2v) is 6.28. The van der Waals surface area contributed by atoms with Crippen LogP contribution >= 0.6 is 15.9 Å². The average molecular weight is 345 g/mol. The molecular formula is C12H10BrFN2O2S. The van der Waals surface area contributed by atoms with E-state index in [2.05, 4.69) is 20.7 Å². The Morgan fingerprint density at radius 3 is 2.47 bits per heavy atom. The number of nitrogens with two attached hydrogens (primary N) is 1. The fraction of sp³-hybridized carbons (Fsp3) is 0. The summed E-state index contributed by atoms with van der Waals surface area (Å²) in [6.07, 6.45) is 0. The molecule has 2 aromatic carbocycles. The quantitative estimate of drug-likeness (QED) is 0.840. The van der Waals surface area contributed by atoms with Crippen LogP contribution in [-0.2, 0) is 10.0 Å². The Labute approximate surface area is 118 Å². The first-order valence-electron chi connectivity index (χ1n) is 5.22. The number of benzene rings is 2. The molecule has 0 aromatic heterocycles. The minimum Gasteiger partial charge on any atom is -0.398 e. The van der Waals surface area contributed by atoms with Gasteiger partial charge in [-0.15, -0.1) is 0 Å². The van der Waals surface area contributed by atoms with E-state index in [1.165, 1.54) is 24.3 Å². The van der Waals surface area contributed by atoms with Gasteiger partial charge in [-0.3, -0.25) is 4.72 Å². The number of hydrogen-bond donors (Lipinski definition) is 2. The molecule has 0 bridgehead atoms. The summed E-state index contributed by atoms with van der Waals surface area (Å²) < 4.78 is 39.8. The molecule has 0 aliphatic heterocycles. The third-order valence-electron chi connectivity index (χ3n) is 2.38. The van der Waals surface area contributed by atoms with Gasteiger partial charge in [-0.25, -0.2) is 12.8 Å². The summed E-state index contributed by atoms with van der Waals surface area (Å²) >= 11 is 2.99. The van der Waals surface area contributed by atoms with Crippen LogP contribution in [0.4, 0.5) is 15.8 Å². The summed E-state index contributed by atoms with van der Waals surface area (Å²) in [7, 11) is -3.79. The van der Waals surface area contributed by atoms with Crippen molar-refractivity contribution < 1.29 is 12.8 Å². The molecule has 3 N–H and O–H groups in total. The minimum absolute atomic E-state index is 0.0181. The molecule has 0 atom stereocenters. The molecule has 0 saturated carbocycles. The number of hydrogen-bond acceptors (Lipinski definition) is 3. The monoisotopic (exact) mass is 344 g/mol. The Kier molecular flexibility index (Phi) is 3.77. The highest BCUT2D eigenvalue weighted by molar-refractivity contribution is 9.10. The molecular weight excluding hydrogens is 335 g/mol. The first-order valence-corrected chi connectivity index (χ1v) is 7.50.